The third kappa shape index (κ3) is 4.63. The summed E-state index contributed by atoms with van der Waals surface area (Å²) in [6.07, 6.45) is 3.12. The Morgan fingerprint density at radius 3 is 2.70 bits per heavy atom. The number of amides is 2. The van der Waals surface area contributed by atoms with Crippen LogP contribution in [0.5, 0.6) is 0 Å². The molecule has 1 heterocycles. The second-order valence-electron chi connectivity index (χ2n) is 5.12. The van der Waals surface area contributed by atoms with Gasteiger partial charge in [0.25, 0.3) is 5.91 Å². The number of aryl methyl sites for hydroxylation is 1. The van der Waals surface area contributed by atoms with Gasteiger partial charge in [0.2, 0.25) is 5.91 Å². The summed E-state index contributed by atoms with van der Waals surface area (Å²) in [5.41, 5.74) is 2.39. The zero-order valence-corrected chi connectivity index (χ0v) is 14.6. The van der Waals surface area contributed by atoms with E-state index in [1.165, 1.54) is 13.1 Å². The molecular formula is C17H18BrN3O2. The summed E-state index contributed by atoms with van der Waals surface area (Å²) in [7, 11) is 0. The van der Waals surface area contributed by atoms with Crippen molar-refractivity contribution in [1.29, 1.82) is 0 Å². The molecule has 0 saturated heterocycles. The fourth-order valence-corrected chi connectivity index (χ4v) is 2.87. The number of carbonyl (C=O) groups is 2. The van der Waals surface area contributed by atoms with Gasteiger partial charge in [-0.25, -0.2) is 0 Å². The van der Waals surface area contributed by atoms with Crippen molar-refractivity contribution in [3.05, 3.63) is 58.3 Å². The summed E-state index contributed by atoms with van der Waals surface area (Å²) in [6, 6.07) is 9.20. The largest absolute Gasteiger partial charge is 0.350 e. The van der Waals surface area contributed by atoms with Gasteiger partial charge in [0, 0.05) is 36.9 Å². The Morgan fingerprint density at radius 1 is 1.30 bits per heavy atom. The molecule has 0 saturated carbocycles. The fourth-order valence-electron chi connectivity index (χ4n) is 2.16. The minimum atomic E-state index is -0.204. The Morgan fingerprint density at radius 2 is 2.09 bits per heavy atom. The maximum absolute atomic E-state index is 12.0. The summed E-state index contributed by atoms with van der Waals surface area (Å²) in [5.74, 6) is -0.283. The molecule has 5 nitrogen and oxygen atoms in total. The predicted octanol–water partition coefficient (Wildman–Crippen LogP) is 2.94. The molecule has 1 aromatic carbocycles. The molecule has 6 heteroatoms. The van der Waals surface area contributed by atoms with E-state index in [-0.39, 0.29) is 11.8 Å². The first-order chi connectivity index (χ1) is 11.0. The third-order valence-corrected chi connectivity index (χ3v) is 3.95. The summed E-state index contributed by atoms with van der Waals surface area (Å²) in [6.45, 7) is 4.24. The Balaban J connectivity index is 2.01. The van der Waals surface area contributed by atoms with Crippen LogP contribution in [0, 0.1) is 6.92 Å². The molecule has 2 rings (SSSR count). The van der Waals surface area contributed by atoms with Crippen LogP contribution in [-0.2, 0) is 4.79 Å². The van der Waals surface area contributed by atoms with E-state index in [2.05, 4.69) is 26.2 Å². The number of hydrogen-bond acceptors (Lipinski definition) is 3. The van der Waals surface area contributed by atoms with Crippen molar-refractivity contribution in [3.8, 4) is 0 Å². The number of carbonyl (C=O) groups excluding carboxylic acids is 2. The number of pyridine rings is 1. The molecule has 1 aromatic heterocycles. The fraction of sp³-hybridized carbons (Fsp3) is 0.235. The van der Waals surface area contributed by atoms with Crippen LogP contribution in [0.3, 0.4) is 0 Å². The van der Waals surface area contributed by atoms with Crippen molar-refractivity contribution in [2.75, 3.05) is 18.0 Å². The van der Waals surface area contributed by atoms with E-state index in [1.54, 1.807) is 23.2 Å². The van der Waals surface area contributed by atoms with Gasteiger partial charge < -0.3 is 10.2 Å². The Kier molecular flexibility index (Phi) is 5.87. The van der Waals surface area contributed by atoms with Crippen LogP contribution in [0.4, 0.5) is 5.69 Å². The molecule has 0 aliphatic rings. The van der Waals surface area contributed by atoms with E-state index >= 15 is 0 Å². The predicted molar refractivity (Wildman–Crippen MR) is 93.5 cm³/mol. The number of aromatic nitrogens is 1. The number of rotatable bonds is 5. The second kappa shape index (κ2) is 7.87. The summed E-state index contributed by atoms with van der Waals surface area (Å²) < 4.78 is 0.853. The van der Waals surface area contributed by atoms with Crippen molar-refractivity contribution in [2.45, 2.75) is 13.8 Å². The Labute approximate surface area is 143 Å². The van der Waals surface area contributed by atoms with Crippen LogP contribution < -0.4 is 10.2 Å². The topological polar surface area (TPSA) is 62.3 Å². The van der Waals surface area contributed by atoms with Gasteiger partial charge in [0.15, 0.2) is 0 Å². The van der Waals surface area contributed by atoms with E-state index in [4.69, 9.17) is 0 Å². The van der Waals surface area contributed by atoms with Gasteiger partial charge in [-0.15, -0.1) is 0 Å². The van der Waals surface area contributed by atoms with Crippen molar-refractivity contribution in [3.63, 3.8) is 0 Å². The van der Waals surface area contributed by atoms with Crippen LogP contribution >= 0.6 is 15.9 Å². The van der Waals surface area contributed by atoms with Crippen molar-refractivity contribution < 1.29 is 9.59 Å². The molecule has 0 radical (unpaired) electrons. The lowest BCUT2D eigenvalue weighted by Gasteiger charge is -2.23. The van der Waals surface area contributed by atoms with E-state index in [0.29, 0.717) is 18.7 Å². The lowest BCUT2D eigenvalue weighted by molar-refractivity contribution is -0.116. The van der Waals surface area contributed by atoms with Gasteiger partial charge in [-0.1, -0.05) is 6.07 Å². The van der Waals surface area contributed by atoms with Crippen LogP contribution in [0.25, 0.3) is 0 Å². The third-order valence-electron chi connectivity index (χ3n) is 3.32. The van der Waals surface area contributed by atoms with Crippen LogP contribution in [-0.4, -0.2) is 29.9 Å². The van der Waals surface area contributed by atoms with Gasteiger partial charge in [-0.2, -0.15) is 0 Å². The summed E-state index contributed by atoms with van der Waals surface area (Å²) in [5, 5.41) is 2.80. The number of halogens is 1. The van der Waals surface area contributed by atoms with Gasteiger partial charge in [0.05, 0.1) is 11.3 Å². The summed E-state index contributed by atoms with van der Waals surface area (Å²) in [4.78, 5) is 29.4. The second-order valence-corrected chi connectivity index (χ2v) is 5.98. The monoisotopic (exact) mass is 375 g/mol. The first-order valence-corrected chi connectivity index (χ1v) is 8.01. The highest BCUT2D eigenvalue weighted by Crippen LogP contribution is 2.27. The molecule has 0 fully saturated rings. The summed E-state index contributed by atoms with van der Waals surface area (Å²) >= 11 is 3.48. The van der Waals surface area contributed by atoms with E-state index in [0.717, 1.165) is 15.7 Å². The van der Waals surface area contributed by atoms with Crippen molar-refractivity contribution in [1.82, 2.24) is 10.3 Å². The SMILES string of the molecule is CC(=O)N(CCNC(=O)c1cccnc1)c1ccc(C)cc1Br. The number of anilines is 1. The molecule has 0 spiro atoms. The minimum absolute atomic E-state index is 0.0785. The molecule has 0 unspecified atom stereocenters. The average molecular weight is 376 g/mol. The average Bonchev–Trinajstić information content (AvgIpc) is 2.53. The first-order valence-electron chi connectivity index (χ1n) is 7.21. The van der Waals surface area contributed by atoms with Gasteiger partial charge in [-0.05, 0) is 52.7 Å². The highest BCUT2D eigenvalue weighted by atomic mass is 79.9. The normalized spacial score (nSPS) is 10.2. The van der Waals surface area contributed by atoms with Gasteiger partial charge in [0.1, 0.15) is 0 Å². The molecule has 0 bridgehead atoms. The Bertz CT molecular complexity index is 704. The standard InChI is InChI=1S/C17H18BrN3O2/c1-12-5-6-16(15(18)10-12)21(13(2)22)9-8-20-17(23)14-4-3-7-19-11-14/h3-7,10-11H,8-9H2,1-2H3,(H,20,23). The zero-order chi connectivity index (χ0) is 16.8. The molecule has 1 N–H and O–H groups in total. The van der Waals surface area contributed by atoms with E-state index in [1.807, 2.05) is 25.1 Å². The smallest absolute Gasteiger partial charge is 0.252 e. The van der Waals surface area contributed by atoms with Gasteiger partial charge >= 0.3 is 0 Å². The molecule has 0 aliphatic heterocycles. The molecule has 120 valence electrons. The molecule has 0 aliphatic carbocycles. The maximum atomic E-state index is 12.0. The van der Waals surface area contributed by atoms with Crippen molar-refractivity contribution in [2.24, 2.45) is 0 Å². The lowest BCUT2D eigenvalue weighted by Crippen LogP contribution is -2.37. The van der Waals surface area contributed by atoms with Crippen LogP contribution in [0.2, 0.25) is 0 Å². The van der Waals surface area contributed by atoms with E-state index in [9.17, 15) is 9.59 Å². The lowest BCUT2D eigenvalue weighted by atomic mass is 10.2. The molecule has 2 aromatic rings. The first kappa shape index (κ1) is 17.1. The van der Waals surface area contributed by atoms with Crippen LogP contribution in [0.15, 0.2) is 47.2 Å². The minimum Gasteiger partial charge on any atom is -0.350 e. The molecule has 2 amide bonds. The van der Waals surface area contributed by atoms with E-state index < -0.39 is 0 Å². The highest BCUT2D eigenvalue weighted by Gasteiger charge is 2.15. The molecular weight excluding hydrogens is 358 g/mol. The number of benzene rings is 1. The number of hydrogen-bond donors (Lipinski definition) is 1. The van der Waals surface area contributed by atoms with Crippen molar-refractivity contribution >= 4 is 33.4 Å². The maximum Gasteiger partial charge on any atom is 0.252 e. The molecule has 0 atom stereocenters. The number of nitrogens with zero attached hydrogens (tertiary/aromatic N) is 2. The quantitative estimate of drug-likeness (QED) is 0.873. The zero-order valence-electron chi connectivity index (χ0n) is 13.0. The highest BCUT2D eigenvalue weighted by molar-refractivity contribution is 9.10. The number of nitrogens with one attached hydrogen (secondary N) is 1. The molecule has 23 heavy (non-hydrogen) atoms. The van der Waals surface area contributed by atoms with Crippen LogP contribution in [0.1, 0.15) is 22.8 Å². The Hall–Kier alpha value is -2.21. The van der Waals surface area contributed by atoms with Gasteiger partial charge in [-0.3, -0.25) is 14.6 Å².